The molecule has 0 spiro atoms. The molecule has 1 saturated heterocycles. The van der Waals surface area contributed by atoms with Crippen LogP contribution < -0.4 is 4.90 Å². The average molecular weight is 429 g/mol. The number of thioether (sulfide) groups is 1. The highest BCUT2D eigenvalue weighted by molar-refractivity contribution is 8.00. The van der Waals surface area contributed by atoms with Crippen LogP contribution in [0.15, 0.2) is 53.4 Å². The fraction of sp³-hybridized carbons (Fsp3) is 0.391. The van der Waals surface area contributed by atoms with E-state index in [1.807, 2.05) is 33.7 Å². The molecular weight excluding hydrogens is 404 g/mol. The molecule has 2 amide bonds. The second-order valence-electron chi connectivity index (χ2n) is 7.75. The molecule has 2 aromatic carbocycles. The molecule has 0 N–H and O–H groups in total. The van der Waals surface area contributed by atoms with Gasteiger partial charge in [-0.25, -0.2) is 0 Å². The van der Waals surface area contributed by atoms with Gasteiger partial charge >= 0.3 is 0 Å². The minimum atomic E-state index is -0.0317. The Kier molecular flexibility index (Phi) is 6.16. The van der Waals surface area contributed by atoms with Crippen molar-refractivity contribution in [3.05, 3.63) is 59.1 Å². The molecule has 1 fully saturated rings. The molecule has 0 radical (unpaired) electrons. The van der Waals surface area contributed by atoms with Gasteiger partial charge in [-0.15, -0.1) is 11.8 Å². The van der Waals surface area contributed by atoms with Crippen LogP contribution in [0.1, 0.15) is 36.5 Å². The number of anilines is 1. The maximum absolute atomic E-state index is 13.4. The van der Waals surface area contributed by atoms with E-state index in [0.29, 0.717) is 41.8 Å². The molecular formula is C23H25ClN2O2S. The average Bonchev–Trinajstić information content (AvgIpc) is 2.91. The molecule has 2 aromatic rings. The lowest BCUT2D eigenvalue weighted by atomic mass is 9.94. The largest absolute Gasteiger partial charge is 0.339 e. The van der Waals surface area contributed by atoms with Crippen LogP contribution in [-0.2, 0) is 4.79 Å². The zero-order chi connectivity index (χ0) is 20.4. The van der Waals surface area contributed by atoms with E-state index >= 15 is 0 Å². The van der Waals surface area contributed by atoms with Gasteiger partial charge in [0.05, 0.1) is 5.69 Å². The summed E-state index contributed by atoms with van der Waals surface area (Å²) in [5, 5.41) is 1.11. The molecule has 0 bridgehead atoms. The van der Waals surface area contributed by atoms with Crippen molar-refractivity contribution in [3.63, 3.8) is 0 Å². The number of carbonyl (C=O) groups is 2. The van der Waals surface area contributed by atoms with Gasteiger partial charge < -0.3 is 9.80 Å². The summed E-state index contributed by atoms with van der Waals surface area (Å²) < 4.78 is 0. The third-order valence-corrected chi connectivity index (χ3v) is 7.22. The lowest BCUT2D eigenvalue weighted by Gasteiger charge is -2.34. The minimum Gasteiger partial charge on any atom is -0.339 e. The Labute approximate surface area is 181 Å². The van der Waals surface area contributed by atoms with Crippen LogP contribution in [0.3, 0.4) is 0 Å². The Bertz CT molecular complexity index is 894. The Morgan fingerprint density at radius 3 is 2.38 bits per heavy atom. The van der Waals surface area contributed by atoms with Crippen molar-refractivity contribution < 1.29 is 9.59 Å². The van der Waals surface area contributed by atoms with Gasteiger partial charge in [-0.1, -0.05) is 30.7 Å². The van der Waals surface area contributed by atoms with Crippen LogP contribution in [0, 0.1) is 5.92 Å². The summed E-state index contributed by atoms with van der Waals surface area (Å²) in [4.78, 5) is 31.1. The number of piperidine rings is 1. The molecule has 2 aliphatic heterocycles. The van der Waals surface area contributed by atoms with Gasteiger partial charge in [0.2, 0.25) is 5.91 Å². The van der Waals surface area contributed by atoms with Gasteiger partial charge in [0, 0.05) is 46.3 Å². The molecule has 0 aliphatic carbocycles. The summed E-state index contributed by atoms with van der Waals surface area (Å²) in [6.45, 7) is 4.20. The van der Waals surface area contributed by atoms with Gasteiger partial charge in [-0.3, -0.25) is 9.59 Å². The van der Waals surface area contributed by atoms with Crippen molar-refractivity contribution in [2.24, 2.45) is 5.92 Å². The van der Waals surface area contributed by atoms with E-state index in [4.69, 9.17) is 11.6 Å². The van der Waals surface area contributed by atoms with E-state index in [2.05, 4.69) is 19.1 Å². The highest BCUT2D eigenvalue weighted by atomic mass is 35.5. The monoisotopic (exact) mass is 428 g/mol. The summed E-state index contributed by atoms with van der Waals surface area (Å²) in [6.07, 6.45) is 2.40. The van der Waals surface area contributed by atoms with Crippen LogP contribution in [0.25, 0.3) is 0 Å². The number of rotatable bonds is 2. The maximum Gasteiger partial charge on any atom is 0.253 e. The third-order valence-electron chi connectivity index (χ3n) is 5.73. The lowest BCUT2D eigenvalue weighted by Crippen LogP contribution is -2.45. The molecule has 2 heterocycles. The zero-order valence-electron chi connectivity index (χ0n) is 16.5. The van der Waals surface area contributed by atoms with Crippen LogP contribution >= 0.6 is 23.4 Å². The first-order valence-corrected chi connectivity index (χ1v) is 11.4. The fourth-order valence-electron chi connectivity index (χ4n) is 4.04. The number of hydrogen-bond acceptors (Lipinski definition) is 3. The predicted octanol–water partition coefficient (Wildman–Crippen LogP) is 5.11. The molecule has 6 heteroatoms. The van der Waals surface area contributed by atoms with Gasteiger partial charge in [0.1, 0.15) is 0 Å². The number of likely N-dealkylation sites (tertiary alicyclic amines) is 1. The number of benzene rings is 2. The van der Waals surface area contributed by atoms with Crippen LogP contribution in [0.5, 0.6) is 0 Å². The van der Waals surface area contributed by atoms with Gasteiger partial charge in [0.25, 0.3) is 5.91 Å². The number of amides is 2. The van der Waals surface area contributed by atoms with Crippen molar-refractivity contribution in [2.75, 3.05) is 24.5 Å². The Morgan fingerprint density at radius 1 is 0.966 bits per heavy atom. The van der Waals surface area contributed by atoms with E-state index in [1.54, 1.807) is 24.3 Å². The van der Waals surface area contributed by atoms with Crippen molar-refractivity contribution in [1.29, 1.82) is 0 Å². The van der Waals surface area contributed by atoms with E-state index in [-0.39, 0.29) is 17.7 Å². The van der Waals surface area contributed by atoms with Gasteiger partial charge in [0.15, 0.2) is 0 Å². The molecule has 152 valence electrons. The minimum absolute atomic E-state index is 0.0120. The van der Waals surface area contributed by atoms with E-state index in [0.717, 1.165) is 18.7 Å². The number of fused-ring (bicyclic) bond motifs is 1. The van der Waals surface area contributed by atoms with E-state index in [9.17, 15) is 9.59 Å². The number of halogens is 1. The van der Waals surface area contributed by atoms with Crippen molar-refractivity contribution in [3.8, 4) is 0 Å². The Balaban J connectivity index is 1.43. The summed E-state index contributed by atoms with van der Waals surface area (Å²) in [5.74, 6) is 0.180. The molecule has 2 aliphatic rings. The number of nitrogens with zero attached hydrogens (tertiary/aromatic N) is 2. The fourth-order valence-corrected chi connectivity index (χ4v) is 5.28. The third kappa shape index (κ3) is 4.46. The molecule has 4 nitrogen and oxygen atoms in total. The molecule has 0 aromatic heterocycles. The first-order valence-electron chi connectivity index (χ1n) is 10.1. The first kappa shape index (κ1) is 20.3. The normalized spacial score (nSPS) is 20.1. The number of carbonyl (C=O) groups excluding carboxylic acids is 2. The maximum atomic E-state index is 13.4. The van der Waals surface area contributed by atoms with Crippen molar-refractivity contribution in [1.82, 2.24) is 4.90 Å². The number of hydrogen-bond donors (Lipinski definition) is 0. The number of para-hydroxylation sites is 1. The topological polar surface area (TPSA) is 40.6 Å². The highest BCUT2D eigenvalue weighted by Gasteiger charge is 2.33. The smallest absolute Gasteiger partial charge is 0.253 e. The van der Waals surface area contributed by atoms with Gasteiger partial charge in [-0.2, -0.15) is 0 Å². The highest BCUT2D eigenvalue weighted by Crippen LogP contribution is 2.38. The first-order chi connectivity index (χ1) is 14.0. The molecule has 29 heavy (non-hydrogen) atoms. The van der Waals surface area contributed by atoms with Crippen molar-refractivity contribution >= 4 is 40.9 Å². The Morgan fingerprint density at radius 2 is 1.66 bits per heavy atom. The van der Waals surface area contributed by atoms with E-state index in [1.165, 1.54) is 4.90 Å². The van der Waals surface area contributed by atoms with Crippen LogP contribution in [0.2, 0.25) is 5.02 Å². The van der Waals surface area contributed by atoms with Crippen LogP contribution in [-0.4, -0.2) is 41.6 Å². The van der Waals surface area contributed by atoms with E-state index < -0.39 is 0 Å². The second-order valence-corrected chi connectivity index (χ2v) is 9.66. The lowest BCUT2D eigenvalue weighted by molar-refractivity contribution is -0.123. The Hall–Kier alpha value is -1.98. The summed E-state index contributed by atoms with van der Waals surface area (Å²) >= 11 is 7.77. The van der Waals surface area contributed by atoms with Crippen molar-refractivity contribution in [2.45, 2.75) is 36.3 Å². The SMILES string of the molecule is C[C@@H]1CCN(C(=O)C2CCN(C(=O)c3ccc(Cl)cc3)CC2)c2ccccc2S1. The van der Waals surface area contributed by atoms with Crippen LogP contribution in [0.4, 0.5) is 5.69 Å². The summed E-state index contributed by atoms with van der Waals surface area (Å²) in [5.41, 5.74) is 1.68. The summed E-state index contributed by atoms with van der Waals surface area (Å²) in [7, 11) is 0. The zero-order valence-corrected chi connectivity index (χ0v) is 18.1. The van der Waals surface area contributed by atoms with Gasteiger partial charge in [-0.05, 0) is 55.7 Å². The molecule has 1 atom stereocenters. The predicted molar refractivity (Wildman–Crippen MR) is 119 cm³/mol. The standard InChI is InChI=1S/C23H25ClN2O2S/c1-16-10-15-26(20-4-2-3-5-21(20)29-16)23(28)18-11-13-25(14-12-18)22(27)17-6-8-19(24)9-7-17/h2-9,16,18H,10-15H2,1H3/t16-/m1/s1. The molecule has 4 rings (SSSR count). The molecule has 0 saturated carbocycles. The molecule has 0 unspecified atom stereocenters. The second kappa shape index (κ2) is 8.80. The summed E-state index contributed by atoms with van der Waals surface area (Å²) in [6, 6.07) is 15.2. The quantitative estimate of drug-likeness (QED) is 0.667.